The van der Waals surface area contributed by atoms with Crippen LogP contribution in [0.25, 0.3) is 0 Å². The molecular formula is C19H17ClFN3O2S. The standard InChI is InChI=1S/C19H17ClFN3O2S/c20-16-11-14(6-7-17(16)21)27(25,26)23-19-15-4-2-1-3-13(15)5-8-18(19)24-10-9-22-12-24/h1-4,6-7,9-12,18-19,23H,5,8H2. The van der Waals surface area contributed by atoms with E-state index in [9.17, 15) is 12.8 Å². The van der Waals surface area contributed by atoms with Gasteiger partial charge in [-0.2, -0.15) is 0 Å². The quantitative estimate of drug-likeness (QED) is 0.716. The molecule has 0 spiro atoms. The molecule has 1 aliphatic rings. The number of imidazole rings is 1. The average molecular weight is 406 g/mol. The van der Waals surface area contributed by atoms with E-state index in [2.05, 4.69) is 9.71 Å². The summed E-state index contributed by atoms with van der Waals surface area (Å²) in [4.78, 5) is 4.02. The van der Waals surface area contributed by atoms with Gasteiger partial charge in [0, 0.05) is 12.4 Å². The second-order valence-electron chi connectivity index (χ2n) is 6.49. The van der Waals surface area contributed by atoms with Crippen molar-refractivity contribution < 1.29 is 12.8 Å². The summed E-state index contributed by atoms with van der Waals surface area (Å²) in [6, 6.07) is 10.6. The smallest absolute Gasteiger partial charge is 0.241 e. The van der Waals surface area contributed by atoms with Crippen molar-refractivity contribution in [1.82, 2.24) is 14.3 Å². The van der Waals surface area contributed by atoms with Gasteiger partial charge in [0.05, 0.1) is 28.3 Å². The predicted octanol–water partition coefficient (Wildman–Crippen LogP) is 3.88. The molecule has 3 aromatic rings. The molecule has 1 heterocycles. The highest BCUT2D eigenvalue weighted by Crippen LogP contribution is 2.38. The van der Waals surface area contributed by atoms with Gasteiger partial charge in [-0.3, -0.25) is 0 Å². The second-order valence-corrected chi connectivity index (χ2v) is 8.61. The Morgan fingerprint density at radius 1 is 1.22 bits per heavy atom. The third-order valence-corrected chi connectivity index (χ3v) is 6.60. The molecule has 4 rings (SSSR count). The van der Waals surface area contributed by atoms with E-state index in [1.807, 2.05) is 35.0 Å². The van der Waals surface area contributed by atoms with Crippen LogP contribution in [0.5, 0.6) is 0 Å². The van der Waals surface area contributed by atoms with Gasteiger partial charge in [0.1, 0.15) is 5.82 Å². The molecule has 0 saturated heterocycles. The minimum Gasteiger partial charge on any atom is -0.332 e. The van der Waals surface area contributed by atoms with E-state index in [0.29, 0.717) is 0 Å². The van der Waals surface area contributed by atoms with E-state index in [4.69, 9.17) is 11.6 Å². The Balaban J connectivity index is 1.75. The number of aromatic nitrogens is 2. The number of halogens is 2. The second kappa shape index (κ2) is 7.07. The van der Waals surface area contributed by atoms with Gasteiger partial charge in [0.2, 0.25) is 10.0 Å². The number of fused-ring (bicyclic) bond motifs is 1. The Morgan fingerprint density at radius 3 is 2.78 bits per heavy atom. The summed E-state index contributed by atoms with van der Waals surface area (Å²) in [7, 11) is -3.90. The highest BCUT2D eigenvalue weighted by Gasteiger charge is 2.34. The minimum absolute atomic E-state index is 0.0682. The third-order valence-electron chi connectivity index (χ3n) is 4.88. The van der Waals surface area contributed by atoms with E-state index in [1.54, 1.807) is 12.5 Å². The topological polar surface area (TPSA) is 64.0 Å². The van der Waals surface area contributed by atoms with Crippen molar-refractivity contribution in [2.24, 2.45) is 0 Å². The molecule has 0 saturated carbocycles. The van der Waals surface area contributed by atoms with Crippen LogP contribution in [0.1, 0.15) is 29.6 Å². The molecule has 1 aromatic heterocycles. The molecule has 2 atom stereocenters. The first-order valence-corrected chi connectivity index (χ1v) is 10.3. The Labute approximate surface area is 161 Å². The van der Waals surface area contributed by atoms with Crippen LogP contribution in [-0.2, 0) is 16.4 Å². The molecular weight excluding hydrogens is 389 g/mol. The summed E-state index contributed by atoms with van der Waals surface area (Å²) in [5.74, 6) is -0.657. The van der Waals surface area contributed by atoms with Gasteiger partial charge >= 0.3 is 0 Å². The summed E-state index contributed by atoms with van der Waals surface area (Å²) in [6.07, 6.45) is 6.81. The van der Waals surface area contributed by atoms with Gasteiger partial charge in [-0.1, -0.05) is 35.9 Å². The van der Waals surface area contributed by atoms with Gasteiger partial charge in [-0.05, 0) is 42.2 Å². The first kappa shape index (κ1) is 18.2. The van der Waals surface area contributed by atoms with Crippen LogP contribution in [0.15, 0.2) is 66.1 Å². The van der Waals surface area contributed by atoms with Gasteiger partial charge in [-0.15, -0.1) is 0 Å². The van der Waals surface area contributed by atoms with E-state index in [-0.39, 0.29) is 16.0 Å². The van der Waals surface area contributed by atoms with Crippen molar-refractivity contribution in [2.45, 2.75) is 29.8 Å². The van der Waals surface area contributed by atoms with Gasteiger partial charge in [0.25, 0.3) is 0 Å². The molecule has 2 aromatic carbocycles. The minimum atomic E-state index is -3.90. The number of nitrogens with one attached hydrogen (secondary N) is 1. The van der Waals surface area contributed by atoms with E-state index < -0.39 is 21.9 Å². The van der Waals surface area contributed by atoms with Crippen molar-refractivity contribution in [2.75, 3.05) is 0 Å². The Hall–Kier alpha value is -2.22. The number of sulfonamides is 1. The SMILES string of the molecule is O=S(=O)(NC1c2ccccc2CCC1n1ccnc1)c1ccc(F)c(Cl)c1. The molecule has 0 fully saturated rings. The van der Waals surface area contributed by atoms with E-state index in [0.717, 1.165) is 36.1 Å². The van der Waals surface area contributed by atoms with Crippen molar-refractivity contribution in [3.8, 4) is 0 Å². The lowest BCUT2D eigenvalue weighted by Gasteiger charge is -2.34. The molecule has 140 valence electrons. The van der Waals surface area contributed by atoms with Crippen LogP contribution < -0.4 is 4.72 Å². The lowest BCUT2D eigenvalue weighted by Crippen LogP contribution is -2.37. The predicted molar refractivity (Wildman–Crippen MR) is 100 cm³/mol. The summed E-state index contributed by atoms with van der Waals surface area (Å²) in [6.45, 7) is 0. The fourth-order valence-electron chi connectivity index (χ4n) is 3.55. The maximum Gasteiger partial charge on any atom is 0.241 e. The Kier molecular flexibility index (Phi) is 4.75. The number of hydrogen-bond donors (Lipinski definition) is 1. The average Bonchev–Trinajstić information content (AvgIpc) is 3.18. The third kappa shape index (κ3) is 3.50. The molecule has 8 heteroatoms. The highest BCUT2D eigenvalue weighted by atomic mass is 35.5. The largest absolute Gasteiger partial charge is 0.332 e. The Morgan fingerprint density at radius 2 is 2.04 bits per heavy atom. The zero-order valence-corrected chi connectivity index (χ0v) is 15.8. The van der Waals surface area contributed by atoms with E-state index in [1.165, 1.54) is 6.07 Å². The summed E-state index contributed by atoms with van der Waals surface area (Å²) in [5, 5.41) is -0.229. The van der Waals surface area contributed by atoms with Gasteiger partial charge in [0.15, 0.2) is 0 Å². The lowest BCUT2D eigenvalue weighted by atomic mass is 9.84. The molecule has 2 unspecified atom stereocenters. The van der Waals surface area contributed by atoms with E-state index >= 15 is 0 Å². The molecule has 27 heavy (non-hydrogen) atoms. The monoisotopic (exact) mass is 405 g/mol. The Bertz CT molecular complexity index is 1070. The van der Waals surface area contributed by atoms with Crippen molar-refractivity contribution in [1.29, 1.82) is 0 Å². The van der Waals surface area contributed by atoms with Crippen molar-refractivity contribution in [3.05, 3.63) is 83.2 Å². The summed E-state index contributed by atoms with van der Waals surface area (Å²) < 4.78 is 44.1. The summed E-state index contributed by atoms with van der Waals surface area (Å²) >= 11 is 5.77. The molecule has 0 amide bonds. The molecule has 1 N–H and O–H groups in total. The molecule has 0 radical (unpaired) electrons. The molecule has 1 aliphatic carbocycles. The van der Waals surface area contributed by atoms with Crippen molar-refractivity contribution in [3.63, 3.8) is 0 Å². The molecule has 0 bridgehead atoms. The number of hydrogen-bond acceptors (Lipinski definition) is 3. The van der Waals surface area contributed by atoms with Crippen LogP contribution in [0.2, 0.25) is 5.02 Å². The highest BCUT2D eigenvalue weighted by molar-refractivity contribution is 7.89. The normalized spacial score (nSPS) is 19.6. The number of nitrogens with zero attached hydrogens (tertiary/aromatic N) is 2. The zero-order chi connectivity index (χ0) is 19.0. The molecule has 5 nitrogen and oxygen atoms in total. The number of benzene rings is 2. The fraction of sp³-hybridized carbons (Fsp3) is 0.211. The maximum atomic E-state index is 13.4. The van der Waals surface area contributed by atoms with Crippen LogP contribution >= 0.6 is 11.6 Å². The fourth-order valence-corrected chi connectivity index (χ4v) is 5.07. The first-order valence-electron chi connectivity index (χ1n) is 8.48. The summed E-state index contributed by atoms with van der Waals surface area (Å²) in [5.41, 5.74) is 2.04. The first-order chi connectivity index (χ1) is 13.0. The number of aryl methyl sites for hydroxylation is 1. The van der Waals surface area contributed by atoms with Crippen molar-refractivity contribution >= 4 is 21.6 Å². The van der Waals surface area contributed by atoms with Crippen LogP contribution in [0, 0.1) is 5.82 Å². The van der Waals surface area contributed by atoms with Gasteiger partial charge < -0.3 is 4.57 Å². The van der Waals surface area contributed by atoms with Crippen LogP contribution in [0.3, 0.4) is 0 Å². The zero-order valence-electron chi connectivity index (χ0n) is 14.2. The van der Waals surface area contributed by atoms with Crippen LogP contribution in [0.4, 0.5) is 4.39 Å². The maximum absolute atomic E-state index is 13.4. The number of rotatable bonds is 4. The molecule has 0 aliphatic heterocycles. The lowest BCUT2D eigenvalue weighted by molar-refractivity contribution is 0.348. The van der Waals surface area contributed by atoms with Gasteiger partial charge in [-0.25, -0.2) is 22.5 Å². The van der Waals surface area contributed by atoms with Crippen LogP contribution in [-0.4, -0.2) is 18.0 Å².